The first kappa shape index (κ1) is 19.7. The number of hydrogen-bond acceptors (Lipinski definition) is 6. The fraction of sp³-hybridized carbons (Fsp3) is 0.261. The largest absolute Gasteiger partial charge is 0.494 e. The molecule has 30 heavy (non-hydrogen) atoms. The minimum atomic E-state index is -0.579. The topological polar surface area (TPSA) is 86.0 Å². The van der Waals surface area contributed by atoms with E-state index in [4.69, 9.17) is 13.9 Å². The molecule has 0 spiro atoms. The Hall–Kier alpha value is -3.61. The van der Waals surface area contributed by atoms with Gasteiger partial charge in [-0.3, -0.25) is 9.59 Å². The van der Waals surface area contributed by atoms with Crippen LogP contribution in [-0.2, 0) is 9.59 Å². The molecule has 1 aliphatic rings. The van der Waals surface area contributed by atoms with Crippen molar-refractivity contribution < 1.29 is 23.5 Å². The molecule has 1 saturated heterocycles. The Morgan fingerprint density at radius 3 is 2.57 bits per heavy atom. The van der Waals surface area contributed by atoms with Crippen LogP contribution in [0.5, 0.6) is 11.5 Å². The number of fused-ring (bicyclic) bond motifs is 1. The van der Waals surface area contributed by atoms with Gasteiger partial charge in [0.25, 0.3) is 0 Å². The Balaban J connectivity index is 1.47. The predicted molar refractivity (Wildman–Crippen MR) is 111 cm³/mol. The monoisotopic (exact) mass is 407 g/mol. The zero-order valence-corrected chi connectivity index (χ0v) is 16.7. The highest BCUT2D eigenvalue weighted by Gasteiger charge is 2.36. The van der Waals surface area contributed by atoms with E-state index in [0.717, 1.165) is 16.7 Å². The third kappa shape index (κ3) is 3.91. The minimum absolute atomic E-state index is 0.0772. The average molecular weight is 407 g/mol. The van der Waals surface area contributed by atoms with Gasteiger partial charge >= 0.3 is 11.6 Å². The maximum Gasteiger partial charge on any atom is 0.336 e. The van der Waals surface area contributed by atoms with Gasteiger partial charge in [0, 0.05) is 36.2 Å². The van der Waals surface area contributed by atoms with Gasteiger partial charge in [-0.1, -0.05) is 0 Å². The van der Waals surface area contributed by atoms with Crippen LogP contribution in [-0.4, -0.2) is 25.0 Å². The summed E-state index contributed by atoms with van der Waals surface area (Å²) in [4.78, 5) is 38.2. The molecule has 1 fully saturated rings. The van der Waals surface area contributed by atoms with Gasteiger partial charge in [-0.15, -0.1) is 0 Å². The summed E-state index contributed by atoms with van der Waals surface area (Å²) in [7, 11) is 0. The average Bonchev–Trinajstić information content (AvgIpc) is 3.10. The molecule has 154 valence electrons. The van der Waals surface area contributed by atoms with Gasteiger partial charge < -0.3 is 18.8 Å². The predicted octanol–water partition coefficient (Wildman–Crippen LogP) is 3.46. The lowest BCUT2D eigenvalue weighted by Crippen LogP contribution is -2.27. The van der Waals surface area contributed by atoms with Crippen LogP contribution >= 0.6 is 0 Å². The molecule has 7 nitrogen and oxygen atoms in total. The Morgan fingerprint density at radius 1 is 1.10 bits per heavy atom. The molecule has 1 unspecified atom stereocenters. The number of esters is 1. The first-order valence-electron chi connectivity index (χ1n) is 9.74. The van der Waals surface area contributed by atoms with E-state index in [1.165, 1.54) is 12.1 Å². The van der Waals surface area contributed by atoms with Crippen molar-refractivity contribution in [2.75, 3.05) is 18.1 Å². The Kier molecular flexibility index (Phi) is 5.27. The van der Waals surface area contributed by atoms with Crippen molar-refractivity contribution >= 4 is 28.5 Å². The number of ether oxygens (including phenoxy) is 2. The molecule has 2 aromatic carbocycles. The van der Waals surface area contributed by atoms with Crippen molar-refractivity contribution in [1.29, 1.82) is 0 Å². The Bertz CT molecular complexity index is 1160. The van der Waals surface area contributed by atoms with E-state index in [9.17, 15) is 14.4 Å². The van der Waals surface area contributed by atoms with Crippen molar-refractivity contribution in [3.63, 3.8) is 0 Å². The minimum Gasteiger partial charge on any atom is -0.494 e. The number of amides is 1. The number of nitrogens with zero attached hydrogens (tertiary/aromatic N) is 1. The third-order valence-electron chi connectivity index (χ3n) is 5.06. The number of hydrogen-bond donors (Lipinski definition) is 0. The maximum absolute atomic E-state index is 12.6. The standard InChI is InChI=1S/C23H21NO6/c1-3-28-17-6-4-16(5-7-17)24-13-15(11-21(24)25)23(27)29-18-8-9-19-14(2)10-22(26)30-20(19)12-18/h4-10,12,15H,3,11,13H2,1-2H3. The van der Waals surface area contributed by atoms with Crippen LogP contribution in [0, 0.1) is 12.8 Å². The van der Waals surface area contributed by atoms with Crippen molar-refractivity contribution in [2.45, 2.75) is 20.3 Å². The van der Waals surface area contributed by atoms with Gasteiger partial charge in [-0.25, -0.2) is 4.79 Å². The van der Waals surface area contributed by atoms with Gasteiger partial charge in [0.15, 0.2) is 0 Å². The number of benzene rings is 2. The molecular weight excluding hydrogens is 386 g/mol. The summed E-state index contributed by atoms with van der Waals surface area (Å²) < 4.78 is 16.1. The van der Waals surface area contributed by atoms with Gasteiger partial charge in [0.05, 0.1) is 12.5 Å². The van der Waals surface area contributed by atoms with E-state index in [1.807, 2.05) is 13.8 Å². The second-order valence-electron chi connectivity index (χ2n) is 7.16. The van der Waals surface area contributed by atoms with Crippen LogP contribution in [0.2, 0.25) is 0 Å². The van der Waals surface area contributed by atoms with Crippen molar-refractivity contribution in [3.05, 3.63) is 64.5 Å². The van der Waals surface area contributed by atoms with E-state index in [0.29, 0.717) is 17.9 Å². The van der Waals surface area contributed by atoms with Crippen LogP contribution in [0.4, 0.5) is 5.69 Å². The lowest BCUT2D eigenvalue weighted by Gasteiger charge is -2.17. The Morgan fingerprint density at radius 2 is 1.83 bits per heavy atom. The number of anilines is 1. The quantitative estimate of drug-likeness (QED) is 0.366. The van der Waals surface area contributed by atoms with E-state index >= 15 is 0 Å². The molecule has 1 atom stereocenters. The van der Waals surface area contributed by atoms with E-state index in [-0.39, 0.29) is 24.6 Å². The molecule has 4 rings (SSSR count). The molecule has 2 heterocycles. The summed E-state index contributed by atoms with van der Waals surface area (Å²) in [5, 5.41) is 0.770. The first-order valence-corrected chi connectivity index (χ1v) is 9.74. The van der Waals surface area contributed by atoms with Gasteiger partial charge in [-0.2, -0.15) is 0 Å². The summed E-state index contributed by atoms with van der Waals surface area (Å²) in [6, 6.07) is 13.5. The molecule has 0 aliphatic carbocycles. The maximum atomic E-state index is 12.6. The normalized spacial score (nSPS) is 16.1. The van der Waals surface area contributed by atoms with E-state index in [2.05, 4.69) is 0 Å². The number of carbonyl (C=O) groups excluding carboxylic acids is 2. The summed E-state index contributed by atoms with van der Waals surface area (Å²) in [5.41, 5.74) is 1.38. The van der Waals surface area contributed by atoms with Crippen LogP contribution in [0.1, 0.15) is 18.9 Å². The molecule has 3 aromatic rings. The second kappa shape index (κ2) is 8.02. The summed E-state index contributed by atoms with van der Waals surface area (Å²) in [5.74, 6) is -0.216. The molecule has 1 amide bonds. The lowest BCUT2D eigenvalue weighted by molar-refractivity contribution is -0.139. The molecule has 1 aromatic heterocycles. The van der Waals surface area contributed by atoms with Crippen molar-refractivity contribution in [3.8, 4) is 11.5 Å². The molecule has 0 radical (unpaired) electrons. The smallest absolute Gasteiger partial charge is 0.336 e. The number of rotatable bonds is 5. The fourth-order valence-electron chi connectivity index (χ4n) is 3.57. The number of aryl methyl sites for hydroxylation is 1. The molecular formula is C23H21NO6. The van der Waals surface area contributed by atoms with Crippen molar-refractivity contribution in [1.82, 2.24) is 0 Å². The van der Waals surface area contributed by atoms with Gasteiger partial charge in [0.2, 0.25) is 5.91 Å². The van der Waals surface area contributed by atoms with Gasteiger partial charge in [-0.05, 0) is 55.8 Å². The van der Waals surface area contributed by atoms with Crippen LogP contribution in [0.15, 0.2) is 57.7 Å². The first-order chi connectivity index (χ1) is 14.4. The van der Waals surface area contributed by atoms with Crippen molar-refractivity contribution in [2.24, 2.45) is 5.92 Å². The number of carbonyl (C=O) groups is 2. The zero-order chi connectivity index (χ0) is 21.3. The highest BCUT2D eigenvalue weighted by Crippen LogP contribution is 2.29. The fourth-order valence-corrected chi connectivity index (χ4v) is 3.57. The van der Waals surface area contributed by atoms with Gasteiger partial charge in [0.1, 0.15) is 17.1 Å². The van der Waals surface area contributed by atoms with E-state index < -0.39 is 17.5 Å². The van der Waals surface area contributed by atoms with Crippen LogP contribution in [0.3, 0.4) is 0 Å². The molecule has 7 heteroatoms. The van der Waals surface area contributed by atoms with E-state index in [1.54, 1.807) is 41.3 Å². The summed E-state index contributed by atoms with van der Waals surface area (Å²) in [6.45, 7) is 4.52. The second-order valence-corrected chi connectivity index (χ2v) is 7.16. The summed E-state index contributed by atoms with van der Waals surface area (Å²) >= 11 is 0. The molecule has 1 aliphatic heterocycles. The highest BCUT2D eigenvalue weighted by molar-refractivity contribution is 5.99. The molecule has 0 N–H and O–H groups in total. The molecule has 0 bridgehead atoms. The lowest BCUT2D eigenvalue weighted by atomic mass is 10.1. The van der Waals surface area contributed by atoms with Crippen LogP contribution < -0.4 is 20.0 Å². The highest BCUT2D eigenvalue weighted by atomic mass is 16.5. The third-order valence-corrected chi connectivity index (χ3v) is 5.06. The summed E-state index contributed by atoms with van der Waals surface area (Å²) in [6.07, 6.45) is 0.0772. The molecule has 0 saturated carbocycles. The zero-order valence-electron chi connectivity index (χ0n) is 16.7. The van der Waals surface area contributed by atoms with Crippen LogP contribution in [0.25, 0.3) is 11.0 Å². The Labute approximate surface area is 172 Å². The SMILES string of the molecule is CCOc1ccc(N2CC(C(=O)Oc3ccc4c(C)cc(=O)oc4c3)CC2=O)cc1.